The number of thiazole rings is 2. The molecule has 1 fully saturated rings. The van der Waals surface area contributed by atoms with E-state index in [1.165, 1.54) is 0 Å². The number of hydrogen-bond donors (Lipinski definition) is 1. The lowest BCUT2D eigenvalue weighted by molar-refractivity contribution is 0.122. The van der Waals surface area contributed by atoms with E-state index in [0.29, 0.717) is 0 Å². The molecule has 1 N–H and O–H groups in total. The highest BCUT2D eigenvalue weighted by Crippen LogP contribution is 2.33. The van der Waals surface area contributed by atoms with Crippen LogP contribution in [0.5, 0.6) is 0 Å². The van der Waals surface area contributed by atoms with Gasteiger partial charge in [0.1, 0.15) is 0 Å². The molecule has 0 saturated carbocycles. The van der Waals surface area contributed by atoms with Gasteiger partial charge < -0.3 is 15.0 Å². The van der Waals surface area contributed by atoms with Crippen molar-refractivity contribution in [1.29, 1.82) is 0 Å². The first kappa shape index (κ1) is 11.9. The van der Waals surface area contributed by atoms with Crippen LogP contribution in [0, 0.1) is 0 Å². The Morgan fingerprint density at radius 2 is 2.22 bits per heavy atom. The average Bonchev–Trinajstić information content (AvgIpc) is 3.08. The number of anilines is 2. The van der Waals surface area contributed by atoms with Gasteiger partial charge in [0, 0.05) is 31.7 Å². The molecule has 3 heterocycles. The molecule has 0 spiro atoms. The summed E-state index contributed by atoms with van der Waals surface area (Å²) in [6, 6.07) is 0. The van der Waals surface area contributed by atoms with Crippen molar-refractivity contribution in [3.05, 3.63) is 11.6 Å². The number of aromatic nitrogens is 2. The lowest BCUT2D eigenvalue weighted by Crippen LogP contribution is -2.36. The normalized spacial score (nSPS) is 15.9. The van der Waals surface area contributed by atoms with E-state index in [1.807, 2.05) is 13.2 Å². The summed E-state index contributed by atoms with van der Waals surface area (Å²) in [7, 11) is 1.88. The summed E-state index contributed by atoms with van der Waals surface area (Å²) in [5.74, 6) is 0. The zero-order valence-electron chi connectivity index (χ0n) is 10.0. The highest BCUT2D eigenvalue weighted by Gasteiger charge is 2.16. The molecule has 7 heteroatoms. The number of ether oxygens (including phenoxy) is 1. The summed E-state index contributed by atoms with van der Waals surface area (Å²) in [5.41, 5.74) is 1.00. The SMILES string of the molecule is CNc1nc(-c2cnc(N3CCOCC3)s2)cs1. The van der Waals surface area contributed by atoms with E-state index in [-0.39, 0.29) is 0 Å². The third kappa shape index (κ3) is 2.33. The van der Waals surface area contributed by atoms with Gasteiger partial charge in [-0.25, -0.2) is 9.97 Å². The summed E-state index contributed by atoms with van der Waals surface area (Å²) in [5, 5.41) is 7.11. The van der Waals surface area contributed by atoms with E-state index < -0.39 is 0 Å². The summed E-state index contributed by atoms with van der Waals surface area (Å²) in [6.45, 7) is 3.42. The van der Waals surface area contributed by atoms with Crippen molar-refractivity contribution in [1.82, 2.24) is 9.97 Å². The number of hydrogen-bond acceptors (Lipinski definition) is 7. The monoisotopic (exact) mass is 282 g/mol. The number of rotatable bonds is 3. The Morgan fingerprint density at radius 3 is 2.94 bits per heavy atom. The summed E-state index contributed by atoms with van der Waals surface area (Å²) >= 11 is 3.30. The minimum atomic E-state index is 0.787. The Hall–Kier alpha value is -1.18. The van der Waals surface area contributed by atoms with Crippen molar-refractivity contribution >= 4 is 32.9 Å². The second-order valence-corrected chi connectivity index (χ2v) is 5.76. The zero-order chi connectivity index (χ0) is 12.4. The molecule has 5 nitrogen and oxygen atoms in total. The van der Waals surface area contributed by atoms with Crippen LogP contribution in [0.1, 0.15) is 0 Å². The standard InChI is InChI=1S/C11H14N4OS2/c1-12-10-14-8(7-17-10)9-6-13-11(18-9)15-2-4-16-5-3-15/h6-7H,2-5H2,1H3,(H,12,14). The van der Waals surface area contributed by atoms with E-state index in [9.17, 15) is 0 Å². The lowest BCUT2D eigenvalue weighted by Gasteiger charge is -2.25. The fourth-order valence-corrected chi connectivity index (χ4v) is 3.46. The lowest BCUT2D eigenvalue weighted by atomic mass is 10.4. The predicted molar refractivity (Wildman–Crippen MR) is 75.8 cm³/mol. The molecule has 2 aromatic heterocycles. The first-order valence-electron chi connectivity index (χ1n) is 5.79. The summed E-state index contributed by atoms with van der Waals surface area (Å²) < 4.78 is 5.35. The van der Waals surface area contributed by atoms with Crippen LogP contribution in [0.2, 0.25) is 0 Å². The van der Waals surface area contributed by atoms with E-state index in [4.69, 9.17) is 4.74 Å². The van der Waals surface area contributed by atoms with Crippen molar-refractivity contribution in [2.24, 2.45) is 0 Å². The van der Waals surface area contributed by atoms with E-state index in [0.717, 1.165) is 47.1 Å². The fraction of sp³-hybridized carbons (Fsp3) is 0.455. The Kier molecular flexibility index (Phi) is 3.44. The highest BCUT2D eigenvalue weighted by molar-refractivity contribution is 7.19. The van der Waals surface area contributed by atoms with Gasteiger partial charge in [0.05, 0.1) is 23.8 Å². The molecule has 0 aromatic carbocycles. The molecule has 0 amide bonds. The minimum absolute atomic E-state index is 0.787. The van der Waals surface area contributed by atoms with Crippen LogP contribution >= 0.6 is 22.7 Å². The smallest absolute Gasteiger partial charge is 0.186 e. The highest BCUT2D eigenvalue weighted by atomic mass is 32.1. The second kappa shape index (κ2) is 5.21. The van der Waals surface area contributed by atoms with Gasteiger partial charge in [-0.2, -0.15) is 0 Å². The first-order valence-corrected chi connectivity index (χ1v) is 7.48. The maximum atomic E-state index is 5.35. The van der Waals surface area contributed by atoms with E-state index >= 15 is 0 Å². The maximum absolute atomic E-state index is 5.35. The largest absolute Gasteiger partial charge is 0.378 e. The molecule has 96 valence electrons. The zero-order valence-corrected chi connectivity index (χ0v) is 11.7. The molecule has 1 aliphatic rings. The van der Waals surface area contributed by atoms with Crippen LogP contribution in [-0.4, -0.2) is 43.3 Å². The van der Waals surface area contributed by atoms with Gasteiger partial charge in [0.2, 0.25) is 0 Å². The molecule has 0 bridgehead atoms. The van der Waals surface area contributed by atoms with Crippen molar-refractivity contribution < 1.29 is 4.74 Å². The second-order valence-electron chi connectivity index (χ2n) is 3.89. The Balaban J connectivity index is 1.79. The maximum Gasteiger partial charge on any atom is 0.186 e. The van der Waals surface area contributed by atoms with Crippen molar-refractivity contribution in [3.63, 3.8) is 0 Å². The molecule has 2 aromatic rings. The van der Waals surface area contributed by atoms with Gasteiger partial charge in [-0.3, -0.25) is 0 Å². The third-order valence-electron chi connectivity index (χ3n) is 2.75. The number of nitrogens with one attached hydrogen (secondary N) is 1. The average molecular weight is 282 g/mol. The molecular weight excluding hydrogens is 268 g/mol. The summed E-state index contributed by atoms with van der Waals surface area (Å²) in [4.78, 5) is 12.4. The Morgan fingerprint density at radius 1 is 1.39 bits per heavy atom. The third-order valence-corrected chi connectivity index (χ3v) is 4.69. The van der Waals surface area contributed by atoms with Gasteiger partial charge >= 0.3 is 0 Å². The van der Waals surface area contributed by atoms with Crippen LogP contribution < -0.4 is 10.2 Å². The Bertz CT molecular complexity index is 519. The molecule has 0 radical (unpaired) electrons. The molecule has 18 heavy (non-hydrogen) atoms. The molecule has 1 aliphatic heterocycles. The Labute approximate surface area is 113 Å². The molecule has 1 saturated heterocycles. The van der Waals surface area contributed by atoms with Crippen molar-refractivity contribution in [2.45, 2.75) is 0 Å². The van der Waals surface area contributed by atoms with E-state index in [2.05, 4.69) is 25.6 Å². The molecule has 0 aliphatic carbocycles. The van der Waals surface area contributed by atoms with Gasteiger partial charge in [-0.05, 0) is 0 Å². The van der Waals surface area contributed by atoms with Gasteiger partial charge in [0.25, 0.3) is 0 Å². The fourth-order valence-electron chi connectivity index (χ4n) is 1.79. The van der Waals surface area contributed by atoms with Gasteiger partial charge in [-0.1, -0.05) is 11.3 Å². The molecule has 0 atom stereocenters. The van der Waals surface area contributed by atoms with Crippen LogP contribution in [0.25, 0.3) is 10.6 Å². The topological polar surface area (TPSA) is 50.3 Å². The van der Waals surface area contributed by atoms with Crippen LogP contribution in [-0.2, 0) is 4.74 Å². The molecule has 0 unspecified atom stereocenters. The first-order chi connectivity index (χ1) is 8.86. The molecular formula is C11H14N4OS2. The van der Waals surface area contributed by atoms with Crippen LogP contribution in [0.15, 0.2) is 11.6 Å². The quantitative estimate of drug-likeness (QED) is 0.935. The van der Waals surface area contributed by atoms with Gasteiger partial charge in [-0.15, -0.1) is 11.3 Å². The predicted octanol–water partition coefficient (Wildman–Crippen LogP) is 2.14. The molecule has 3 rings (SSSR count). The number of morpholine rings is 1. The number of nitrogens with zero attached hydrogens (tertiary/aromatic N) is 3. The van der Waals surface area contributed by atoms with Crippen LogP contribution in [0.4, 0.5) is 10.3 Å². The van der Waals surface area contributed by atoms with Crippen LogP contribution in [0.3, 0.4) is 0 Å². The summed E-state index contributed by atoms with van der Waals surface area (Å²) in [6.07, 6.45) is 1.91. The van der Waals surface area contributed by atoms with Crippen molar-refractivity contribution in [2.75, 3.05) is 43.6 Å². The van der Waals surface area contributed by atoms with E-state index in [1.54, 1.807) is 22.7 Å². The van der Waals surface area contributed by atoms with Gasteiger partial charge in [0.15, 0.2) is 10.3 Å². The van der Waals surface area contributed by atoms with Crippen molar-refractivity contribution in [3.8, 4) is 10.6 Å². The minimum Gasteiger partial charge on any atom is -0.378 e.